The van der Waals surface area contributed by atoms with Gasteiger partial charge in [0.2, 0.25) is 11.8 Å². The van der Waals surface area contributed by atoms with Gasteiger partial charge in [-0.2, -0.15) is 0 Å². The van der Waals surface area contributed by atoms with Gasteiger partial charge < -0.3 is 15.0 Å². The first-order valence-electron chi connectivity index (χ1n) is 8.63. The molecule has 0 bridgehead atoms. The highest BCUT2D eigenvalue weighted by atomic mass is 16.6. The molecule has 2 aliphatic heterocycles. The second-order valence-corrected chi connectivity index (χ2v) is 7.83. The molecule has 0 aliphatic carbocycles. The lowest BCUT2D eigenvalue weighted by molar-refractivity contribution is -0.137. The Hall–Kier alpha value is -1.63. The molecule has 7 heteroatoms. The minimum atomic E-state index is -0.505. The maximum Gasteiger partial charge on any atom is 0.410 e. The van der Waals surface area contributed by atoms with Crippen LogP contribution in [0.3, 0.4) is 0 Å². The Morgan fingerprint density at radius 3 is 2.54 bits per heavy atom. The summed E-state index contributed by atoms with van der Waals surface area (Å²) < 4.78 is 5.45. The predicted octanol–water partition coefficient (Wildman–Crippen LogP) is 1.37. The van der Waals surface area contributed by atoms with Gasteiger partial charge in [-0.25, -0.2) is 4.79 Å². The molecule has 0 aromatic rings. The van der Waals surface area contributed by atoms with E-state index in [1.165, 1.54) is 11.9 Å². The maximum absolute atomic E-state index is 12.2. The molecule has 3 amide bonds. The van der Waals surface area contributed by atoms with Crippen molar-refractivity contribution in [2.75, 3.05) is 20.1 Å². The fourth-order valence-electron chi connectivity index (χ4n) is 3.25. The van der Waals surface area contributed by atoms with Crippen LogP contribution in [-0.4, -0.2) is 65.5 Å². The van der Waals surface area contributed by atoms with Crippen LogP contribution in [0, 0.1) is 5.92 Å². The maximum atomic E-state index is 12.2. The summed E-state index contributed by atoms with van der Waals surface area (Å²) in [6.07, 6.45) is 1.82. The number of imide groups is 1. The molecule has 2 heterocycles. The van der Waals surface area contributed by atoms with E-state index >= 15 is 0 Å². The summed E-state index contributed by atoms with van der Waals surface area (Å²) in [6, 6.07) is -0.405. The SMILES string of the molecule is CC(NC1CC(=O)N(C)C1=O)C1CCCN(C(=O)OC(C)(C)C)C1. The molecular weight excluding hydrogens is 310 g/mol. The topological polar surface area (TPSA) is 79.0 Å². The monoisotopic (exact) mass is 339 g/mol. The number of ether oxygens (including phenoxy) is 1. The van der Waals surface area contributed by atoms with Crippen molar-refractivity contribution >= 4 is 17.9 Å². The minimum Gasteiger partial charge on any atom is -0.444 e. The lowest BCUT2D eigenvalue weighted by Crippen LogP contribution is -2.51. The predicted molar refractivity (Wildman–Crippen MR) is 89.3 cm³/mol. The van der Waals surface area contributed by atoms with Gasteiger partial charge in [-0.15, -0.1) is 0 Å². The summed E-state index contributed by atoms with van der Waals surface area (Å²) in [5, 5.41) is 3.28. The van der Waals surface area contributed by atoms with E-state index in [2.05, 4.69) is 5.32 Å². The van der Waals surface area contributed by atoms with Crippen LogP contribution in [0.4, 0.5) is 4.79 Å². The minimum absolute atomic E-state index is 0.0449. The number of amides is 3. The van der Waals surface area contributed by atoms with Gasteiger partial charge in [0, 0.05) is 26.2 Å². The normalized spacial score (nSPS) is 26.7. The van der Waals surface area contributed by atoms with E-state index in [0.29, 0.717) is 13.1 Å². The molecule has 2 rings (SSSR count). The quantitative estimate of drug-likeness (QED) is 0.786. The van der Waals surface area contributed by atoms with Crippen molar-refractivity contribution in [2.24, 2.45) is 5.92 Å². The second-order valence-electron chi connectivity index (χ2n) is 7.83. The average Bonchev–Trinajstić information content (AvgIpc) is 2.73. The molecule has 136 valence electrons. The van der Waals surface area contributed by atoms with Gasteiger partial charge in [0.15, 0.2) is 0 Å². The van der Waals surface area contributed by atoms with Crippen LogP contribution in [0.2, 0.25) is 0 Å². The zero-order valence-electron chi connectivity index (χ0n) is 15.3. The van der Waals surface area contributed by atoms with Gasteiger partial charge in [-0.3, -0.25) is 14.5 Å². The van der Waals surface area contributed by atoms with Crippen molar-refractivity contribution in [3.63, 3.8) is 0 Å². The Morgan fingerprint density at radius 2 is 2.00 bits per heavy atom. The van der Waals surface area contributed by atoms with Gasteiger partial charge in [0.05, 0.1) is 12.5 Å². The molecule has 0 radical (unpaired) electrons. The van der Waals surface area contributed by atoms with Crippen LogP contribution in [-0.2, 0) is 14.3 Å². The highest BCUT2D eigenvalue weighted by Crippen LogP contribution is 2.23. The Kier molecular flexibility index (Phi) is 5.52. The Morgan fingerprint density at radius 1 is 1.33 bits per heavy atom. The fraction of sp³-hybridized carbons (Fsp3) is 0.824. The molecule has 3 atom stereocenters. The first kappa shape index (κ1) is 18.7. The molecule has 2 fully saturated rings. The molecule has 0 aromatic heterocycles. The third-order valence-electron chi connectivity index (χ3n) is 4.66. The number of carbonyl (C=O) groups excluding carboxylic acids is 3. The Balaban J connectivity index is 1.91. The van der Waals surface area contributed by atoms with Crippen molar-refractivity contribution in [2.45, 2.75) is 64.6 Å². The number of piperidine rings is 1. The summed E-state index contributed by atoms with van der Waals surface area (Å²) in [6.45, 7) is 8.88. The molecule has 2 aliphatic rings. The standard InChI is InChI=1S/C17H29N3O4/c1-11(18-13-9-14(21)19(5)15(13)22)12-7-6-8-20(10-12)16(23)24-17(2,3)4/h11-13,18H,6-10H2,1-5H3. The van der Waals surface area contributed by atoms with Crippen LogP contribution >= 0.6 is 0 Å². The molecule has 7 nitrogen and oxygen atoms in total. The average molecular weight is 339 g/mol. The summed E-state index contributed by atoms with van der Waals surface area (Å²) >= 11 is 0. The van der Waals surface area contributed by atoms with E-state index in [1.54, 1.807) is 4.90 Å². The fourth-order valence-corrected chi connectivity index (χ4v) is 3.25. The van der Waals surface area contributed by atoms with Crippen LogP contribution in [0.15, 0.2) is 0 Å². The van der Waals surface area contributed by atoms with E-state index in [0.717, 1.165) is 12.8 Å². The van der Waals surface area contributed by atoms with Gasteiger partial charge in [-0.1, -0.05) is 0 Å². The molecule has 0 aromatic carbocycles. The third kappa shape index (κ3) is 4.47. The van der Waals surface area contributed by atoms with E-state index in [9.17, 15) is 14.4 Å². The highest BCUT2D eigenvalue weighted by Gasteiger charge is 2.38. The van der Waals surface area contributed by atoms with Crippen molar-refractivity contribution < 1.29 is 19.1 Å². The largest absolute Gasteiger partial charge is 0.444 e. The summed E-state index contributed by atoms with van der Waals surface area (Å²) in [5.74, 6) is -0.0875. The van der Waals surface area contributed by atoms with Crippen molar-refractivity contribution in [1.82, 2.24) is 15.1 Å². The lowest BCUT2D eigenvalue weighted by atomic mass is 9.91. The number of likely N-dealkylation sites (tertiary alicyclic amines) is 2. The number of nitrogens with one attached hydrogen (secondary N) is 1. The number of nitrogens with zero attached hydrogens (tertiary/aromatic N) is 2. The van der Waals surface area contributed by atoms with E-state index in [-0.39, 0.29) is 36.3 Å². The van der Waals surface area contributed by atoms with Crippen molar-refractivity contribution in [1.29, 1.82) is 0 Å². The molecule has 1 N–H and O–H groups in total. The van der Waals surface area contributed by atoms with E-state index in [1.807, 2.05) is 27.7 Å². The number of carbonyl (C=O) groups is 3. The van der Waals surface area contributed by atoms with Crippen molar-refractivity contribution in [3.05, 3.63) is 0 Å². The van der Waals surface area contributed by atoms with Gasteiger partial charge in [-0.05, 0) is 46.5 Å². The second kappa shape index (κ2) is 7.09. The number of rotatable bonds is 3. The first-order chi connectivity index (χ1) is 11.1. The van der Waals surface area contributed by atoms with Crippen LogP contribution in [0.1, 0.15) is 47.0 Å². The third-order valence-corrected chi connectivity index (χ3v) is 4.66. The van der Waals surface area contributed by atoms with Gasteiger partial charge in [0.1, 0.15) is 5.60 Å². The highest BCUT2D eigenvalue weighted by molar-refractivity contribution is 6.05. The molecule has 0 saturated carbocycles. The Bertz CT molecular complexity index is 514. The number of hydrogen-bond acceptors (Lipinski definition) is 5. The summed E-state index contributed by atoms with van der Waals surface area (Å²) in [5.41, 5.74) is -0.505. The molecular formula is C17H29N3O4. The first-order valence-corrected chi connectivity index (χ1v) is 8.63. The smallest absolute Gasteiger partial charge is 0.410 e. The molecule has 24 heavy (non-hydrogen) atoms. The Labute approximate surface area is 143 Å². The lowest BCUT2D eigenvalue weighted by Gasteiger charge is -2.37. The summed E-state index contributed by atoms with van der Waals surface area (Å²) in [4.78, 5) is 38.8. The summed E-state index contributed by atoms with van der Waals surface area (Å²) in [7, 11) is 1.52. The van der Waals surface area contributed by atoms with Crippen molar-refractivity contribution in [3.8, 4) is 0 Å². The van der Waals surface area contributed by atoms with Crippen LogP contribution in [0.25, 0.3) is 0 Å². The zero-order chi connectivity index (χ0) is 18.1. The zero-order valence-corrected chi connectivity index (χ0v) is 15.3. The van der Waals surface area contributed by atoms with Crippen LogP contribution < -0.4 is 5.32 Å². The van der Waals surface area contributed by atoms with E-state index < -0.39 is 11.6 Å². The molecule has 3 unspecified atom stereocenters. The van der Waals surface area contributed by atoms with Gasteiger partial charge >= 0.3 is 6.09 Å². The number of hydrogen-bond donors (Lipinski definition) is 1. The molecule has 2 saturated heterocycles. The van der Waals surface area contributed by atoms with Gasteiger partial charge in [0.25, 0.3) is 0 Å². The number of likely N-dealkylation sites (N-methyl/N-ethyl adjacent to an activating group) is 1. The van der Waals surface area contributed by atoms with E-state index in [4.69, 9.17) is 4.74 Å². The molecule has 0 spiro atoms. The van der Waals surface area contributed by atoms with Crippen LogP contribution in [0.5, 0.6) is 0 Å².